The molecular formula is C28H35Cl2N5O6S. The van der Waals surface area contributed by atoms with Gasteiger partial charge in [0, 0.05) is 60.7 Å². The predicted octanol–water partition coefficient (Wildman–Crippen LogP) is 3.63. The van der Waals surface area contributed by atoms with Crippen LogP contribution in [0.25, 0.3) is 0 Å². The van der Waals surface area contributed by atoms with Crippen LogP contribution >= 0.6 is 23.2 Å². The fourth-order valence-corrected chi connectivity index (χ4v) is 7.70. The lowest BCUT2D eigenvalue weighted by Gasteiger charge is -2.34. The molecular weight excluding hydrogens is 605 g/mol. The highest BCUT2D eigenvalue weighted by Crippen LogP contribution is 2.30. The van der Waals surface area contributed by atoms with Crippen LogP contribution in [0.4, 0.5) is 5.69 Å². The van der Waals surface area contributed by atoms with Crippen LogP contribution in [0, 0.1) is 5.92 Å². The zero-order valence-corrected chi connectivity index (χ0v) is 25.6. The molecule has 2 fully saturated rings. The zero-order chi connectivity index (χ0) is 30.5. The van der Waals surface area contributed by atoms with Crippen molar-refractivity contribution in [2.75, 3.05) is 31.5 Å². The third-order valence-corrected chi connectivity index (χ3v) is 10.2. The monoisotopic (exact) mass is 639 g/mol. The van der Waals surface area contributed by atoms with Gasteiger partial charge in [-0.3, -0.25) is 14.6 Å². The number of aromatic nitrogens is 1. The average Bonchev–Trinajstić information content (AvgIpc) is 3.47. The summed E-state index contributed by atoms with van der Waals surface area (Å²) in [6, 6.07) is 6.60. The number of hydrogen-bond acceptors (Lipinski definition) is 7. The second-order valence-electron chi connectivity index (χ2n) is 10.9. The van der Waals surface area contributed by atoms with E-state index < -0.39 is 33.5 Å². The molecule has 2 aliphatic heterocycles. The molecule has 0 saturated carbocycles. The lowest BCUT2D eigenvalue weighted by molar-refractivity contribution is -0.148. The molecule has 0 aliphatic carbocycles. The molecule has 0 spiro atoms. The van der Waals surface area contributed by atoms with Crippen molar-refractivity contribution in [3.63, 3.8) is 0 Å². The molecule has 0 bridgehead atoms. The number of aliphatic carboxylic acids is 1. The summed E-state index contributed by atoms with van der Waals surface area (Å²) < 4.78 is 27.7. The van der Waals surface area contributed by atoms with E-state index in [1.807, 2.05) is 12.1 Å². The second kappa shape index (κ2) is 13.6. The molecule has 3 N–H and O–H groups in total. The molecule has 1 aromatic heterocycles. The lowest BCUT2D eigenvalue weighted by atomic mass is 9.93. The number of benzene rings is 1. The van der Waals surface area contributed by atoms with Gasteiger partial charge in [0.15, 0.2) is 0 Å². The van der Waals surface area contributed by atoms with E-state index in [2.05, 4.69) is 15.6 Å². The van der Waals surface area contributed by atoms with E-state index >= 15 is 0 Å². The third-order valence-electron chi connectivity index (χ3n) is 7.90. The van der Waals surface area contributed by atoms with Gasteiger partial charge in [0.05, 0.1) is 4.90 Å². The Morgan fingerprint density at radius 1 is 1.05 bits per heavy atom. The summed E-state index contributed by atoms with van der Waals surface area (Å²) >= 11 is 12.0. The minimum Gasteiger partial charge on any atom is -0.480 e. The maximum absolute atomic E-state index is 13.3. The number of rotatable bonds is 11. The number of anilines is 1. The number of carboxylic acid groups (broad SMARTS) is 1. The molecule has 4 rings (SSSR count). The van der Waals surface area contributed by atoms with Crippen LogP contribution in [-0.2, 0) is 24.4 Å². The smallest absolute Gasteiger partial charge is 0.329 e. The van der Waals surface area contributed by atoms with Crippen molar-refractivity contribution in [2.24, 2.45) is 5.92 Å². The molecule has 2 atom stereocenters. The highest BCUT2D eigenvalue weighted by atomic mass is 35.5. The van der Waals surface area contributed by atoms with Gasteiger partial charge in [-0.2, -0.15) is 4.31 Å². The van der Waals surface area contributed by atoms with Crippen molar-refractivity contribution in [3.05, 3.63) is 52.8 Å². The maximum atomic E-state index is 13.3. The Hall–Kier alpha value is -2.93. The minimum atomic E-state index is -4.13. The number of nitrogens with zero attached hydrogens (tertiary/aromatic N) is 3. The van der Waals surface area contributed by atoms with Crippen LogP contribution in [0.5, 0.6) is 0 Å². The zero-order valence-electron chi connectivity index (χ0n) is 23.3. The molecule has 2 aromatic rings. The van der Waals surface area contributed by atoms with Gasteiger partial charge in [-0.15, -0.1) is 0 Å². The van der Waals surface area contributed by atoms with Crippen LogP contribution in [0.15, 0.2) is 47.6 Å². The average molecular weight is 641 g/mol. The lowest BCUT2D eigenvalue weighted by Crippen LogP contribution is -2.57. The number of nitrogens with one attached hydrogen (secondary N) is 2. The summed E-state index contributed by atoms with van der Waals surface area (Å²) in [5, 5.41) is 16.2. The summed E-state index contributed by atoms with van der Waals surface area (Å²) in [6.45, 7) is 3.34. The molecule has 2 amide bonds. The number of likely N-dealkylation sites (tertiary alicyclic amines) is 1. The summed E-state index contributed by atoms with van der Waals surface area (Å²) in [5.74, 6) is -1.82. The van der Waals surface area contributed by atoms with Crippen molar-refractivity contribution in [3.8, 4) is 0 Å². The van der Waals surface area contributed by atoms with E-state index in [4.69, 9.17) is 23.2 Å². The standard InChI is InChI=1S/C28H35Cl2N5O6S/c1-28(27(38)39,9-4-25(36)34-13-7-19(8-14-34)18-32-22-5-10-31-11-6-22)33-26(37)24-3-2-12-35(24)42(40,41)23-16-20(29)15-21(30)17-23/h5-6,10-11,15-17,19,24H,2-4,7-9,12-14,18H2,1H3,(H,31,32)(H,33,37)(H,38,39)/t24-,28-/m0/s1. The summed E-state index contributed by atoms with van der Waals surface area (Å²) in [6.07, 6.45) is 5.51. The van der Waals surface area contributed by atoms with Gasteiger partial charge >= 0.3 is 5.97 Å². The number of piperidine rings is 1. The van der Waals surface area contributed by atoms with Crippen LogP contribution < -0.4 is 10.6 Å². The van der Waals surface area contributed by atoms with E-state index in [0.29, 0.717) is 25.4 Å². The van der Waals surface area contributed by atoms with Crippen LogP contribution in [0.2, 0.25) is 10.0 Å². The van der Waals surface area contributed by atoms with Crippen LogP contribution in [0.3, 0.4) is 0 Å². The van der Waals surface area contributed by atoms with Crippen molar-refractivity contribution < 1.29 is 27.9 Å². The molecule has 0 radical (unpaired) electrons. The van der Waals surface area contributed by atoms with Gasteiger partial charge in [0.25, 0.3) is 0 Å². The Bertz CT molecular complexity index is 1380. The van der Waals surface area contributed by atoms with Gasteiger partial charge < -0.3 is 20.6 Å². The van der Waals surface area contributed by atoms with Gasteiger partial charge in [-0.1, -0.05) is 23.2 Å². The van der Waals surface area contributed by atoms with E-state index in [-0.39, 0.29) is 46.7 Å². The number of halogens is 2. The first-order valence-corrected chi connectivity index (χ1v) is 16.0. The van der Waals surface area contributed by atoms with Gasteiger partial charge in [0.2, 0.25) is 21.8 Å². The number of pyridine rings is 1. The number of carbonyl (C=O) groups is 3. The summed E-state index contributed by atoms with van der Waals surface area (Å²) in [7, 11) is -4.13. The Morgan fingerprint density at radius 2 is 1.69 bits per heavy atom. The molecule has 14 heteroatoms. The molecule has 2 aliphatic rings. The van der Waals surface area contributed by atoms with Crippen LogP contribution in [0.1, 0.15) is 45.4 Å². The minimum absolute atomic E-state index is 0.0727. The Morgan fingerprint density at radius 3 is 2.31 bits per heavy atom. The van der Waals surface area contributed by atoms with Crippen LogP contribution in [-0.4, -0.2) is 83.3 Å². The SMILES string of the molecule is C[C@@](CCC(=O)N1CCC(CNc2ccncc2)CC1)(NC(=O)[C@@H]1CCCN1S(=O)(=O)c1cc(Cl)cc(Cl)c1)C(=O)O. The van der Waals surface area contributed by atoms with E-state index in [0.717, 1.165) is 29.4 Å². The first-order chi connectivity index (χ1) is 19.9. The van der Waals surface area contributed by atoms with Crippen molar-refractivity contribution in [2.45, 2.75) is 61.9 Å². The van der Waals surface area contributed by atoms with Crippen molar-refractivity contribution in [1.29, 1.82) is 0 Å². The maximum Gasteiger partial charge on any atom is 0.329 e. The molecule has 0 unspecified atom stereocenters. The number of carboxylic acids is 1. The Labute approximate surface area is 255 Å². The predicted molar refractivity (Wildman–Crippen MR) is 159 cm³/mol. The molecule has 1 aromatic carbocycles. The summed E-state index contributed by atoms with van der Waals surface area (Å²) in [4.78, 5) is 44.1. The second-order valence-corrected chi connectivity index (χ2v) is 13.7. The van der Waals surface area contributed by atoms with Gasteiger partial charge in [-0.05, 0) is 75.3 Å². The molecule has 3 heterocycles. The third kappa shape index (κ3) is 7.71. The first-order valence-electron chi connectivity index (χ1n) is 13.8. The normalized spacial score (nSPS) is 19.7. The van der Waals surface area contributed by atoms with Crippen molar-refractivity contribution >= 4 is 56.7 Å². The molecule has 228 valence electrons. The van der Waals surface area contributed by atoms with E-state index in [9.17, 15) is 27.9 Å². The Kier molecular flexibility index (Phi) is 10.3. The number of hydrogen-bond donors (Lipinski definition) is 3. The quantitative estimate of drug-likeness (QED) is 0.337. The fraction of sp³-hybridized carbons (Fsp3) is 0.500. The fourth-order valence-electron chi connectivity index (χ4n) is 5.31. The van der Waals surface area contributed by atoms with E-state index in [1.165, 1.54) is 25.1 Å². The number of amides is 2. The number of sulfonamides is 1. The topological polar surface area (TPSA) is 149 Å². The molecule has 11 nitrogen and oxygen atoms in total. The molecule has 42 heavy (non-hydrogen) atoms. The largest absolute Gasteiger partial charge is 0.480 e. The molecule has 2 saturated heterocycles. The number of carbonyl (C=O) groups excluding carboxylic acids is 2. The Balaban J connectivity index is 1.32. The summed E-state index contributed by atoms with van der Waals surface area (Å²) in [5.41, 5.74) is -0.776. The van der Waals surface area contributed by atoms with E-state index in [1.54, 1.807) is 17.3 Å². The van der Waals surface area contributed by atoms with Crippen molar-refractivity contribution in [1.82, 2.24) is 19.5 Å². The highest BCUT2D eigenvalue weighted by molar-refractivity contribution is 7.89. The highest BCUT2D eigenvalue weighted by Gasteiger charge is 2.44. The first kappa shape index (κ1) is 32.0. The van der Waals surface area contributed by atoms with Gasteiger partial charge in [0.1, 0.15) is 11.6 Å². The van der Waals surface area contributed by atoms with Gasteiger partial charge in [-0.25, -0.2) is 13.2 Å².